The third-order valence-corrected chi connectivity index (χ3v) is 5.46. The fourth-order valence-corrected chi connectivity index (χ4v) is 4.31. The van der Waals surface area contributed by atoms with Crippen LogP contribution in [0.1, 0.15) is 12.0 Å². The number of ether oxygens (including phenoxy) is 1. The van der Waals surface area contributed by atoms with Gasteiger partial charge in [-0.2, -0.15) is 0 Å². The Kier molecular flexibility index (Phi) is 5.29. The van der Waals surface area contributed by atoms with Crippen molar-refractivity contribution in [1.82, 2.24) is 4.90 Å². The maximum Gasteiger partial charge on any atom is 0.163 e. The number of benzene rings is 1. The van der Waals surface area contributed by atoms with Crippen LogP contribution in [0.25, 0.3) is 0 Å². The third kappa shape index (κ3) is 4.21. The Morgan fingerprint density at radius 3 is 2.76 bits per heavy atom. The maximum absolute atomic E-state index is 13.8. The van der Waals surface area contributed by atoms with Crippen LogP contribution < -0.4 is 0 Å². The molecule has 21 heavy (non-hydrogen) atoms. The summed E-state index contributed by atoms with van der Waals surface area (Å²) in [7, 11) is -1.48. The fourth-order valence-electron chi connectivity index (χ4n) is 2.55. The van der Waals surface area contributed by atoms with Crippen LogP contribution in [0.15, 0.2) is 18.2 Å². The van der Waals surface area contributed by atoms with Gasteiger partial charge in [-0.25, -0.2) is 17.2 Å². The van der Waals surface area contributed by atoms with E-state index in [1.807, 2.05) is 4.90 Å². The van der Waals surface area contributed by atoms with Crippen LogP contribution in [0.4, 0.5) is 8.78 Å². The summed E-state index contributed by atoms with van der Waals surface area (Å²) in [4.78, 5) is 1.85. The Morgan fingerprint density at radius 2 is 2.14 bits per heavy atom. The normalized spacial score (nSPS) is 21.0. The molecule has 0 spiro atoms. The molecule has 1 aliphatic heterocycles. The van der Waals surface area contributed by atoms with Gasteiger partial charge >= 0.3 is 0 Å². The molecule has 0 amide bonds. The number of halogens is 2. The summed E-state index contributed by atoms with van der Waals surface area (Å²) in [6.07, 6.45) is 0.517. The van der Waals surface area contributed by atoms with E-state index in [4.69, 9.17) is 4.74 Å². The maximum atomic E-state index is 13.8. The van der Waals surface area contributed by atoms with Gasteiger partial charge in [0.15, 0.2) is 21.5 Å². The molecular weight excluding hydrogens is 300 g/mol. The minimum atomic E-state index is -3.03. The zero-order chi connectivity index (χ0) is 15.5. The Labute approximate surface area is 123 Å². The van der Waals surface area contributed by atoms with Crippen LogP contribution in [-0.2, 0) is 21.1 Å². The molecular formula is C14H19F2NO3S. The van der Waals surface area contributed by atoms with Gasteiger partial charge in [0.2, 0.25) is 0 Å². The van der Waals surface area contributed by atoms with Gasteiger partial charge in [0.05, 0.1) is 18.1 Å². The highest BCUT2D eigenvalue weighted by Gasteiger charge is 2.32. The molecule has 118 valence electrons. The number of nitrogens with zero attached hydrogens (tertiary/aromatic N) is 1. The topological polar surface area (TPSA) is 46.6 Å². The van der Waals surface area contributed by atoms with E-state index in [1.54, 1.807) is 7.11 Å². The van der Waals surface area contributed by atoms with E-state index < -0.39 is 21.5 Å². The average molecular weight is 319 g/mol. The van der Waals surface area contributed by atoms with Gasteiger partial charge in [0.1, 0.15) is 0 Å². The Morgan fingerprint density at radius 1 is 1.38 bits per heavy atom. The molecule has 0 aliphatic carbocycles. The van der Waals surface area contributed by atoms with E-state index in [0.717, 1.165) is 6.07 Å². The van der Waals surface area contributed by atoms with E-state index in [0.29, 0.717) is 19.6 Å². The van der Waals surface area contributed by atoms with Crippen LogP contribution in [0.2, 0.25) is 0 Å². The van der Waals surface area contributed by atoms with Gasteiger partial charge in [-0.1, -0.05) is 12.1 Å². The van der Waals surface area contributed by atoms with Crippen molar-refractivity contribution in [2.45, 2.75) is 19.0 Å². The van der Waals surface area contributed by atoms with Crippen LogP contribution in [0.3, 0.4) is 0 Å². The average Bonchev–Trinajstić information content (AvgIpc) is 2.79. The third-order valence-electron chi connectivity index (χ3n) is 3.71. The van der Waals surface area contributed by atoms with Gasteiger partial charge < -0.3 is 4.74 Å². The predicted octanol–water partition coefficient (Wildman–Crippen LogP) is 1.60. The molecule has 1 aromatic rings. The highest BCUT2D eigenvalue weighted by Crippen LogP contribution is 2.21. The van der Waals surface area contributed by atoms with Crippen molar-refractivity contribution < 1.29 is 21.9 Å². The molecule has 1 saturated heterocycles. The zero-order valence-electron chi connectivity index (χ0n) is 11.9. The second-order valence-corrected chi connectivity index (χ2v) is 7.46. The second-order valence-electron chi connectivity index (χ2n) is 5.23. The highest BCUT2D eigenvalue weighted by molar-refractivity contribution is 7.91. The first-order valence-corrected chi connectivity index (χ1v) is 8.61. The summed E-state index contributed by atoms with van der Waals surface area (Å²) in [6, 6.07) is 3.86. The molecule has 0 bridgehead atoms. The van der Waals surface area contributed by atoms with E-state index in [1.165, 1.54) is 12.1 Å². The number of methoxy groups -OCH3 is 1. The number of rotatable bonds is 6. The molecule has 1 unspecified atom stereocenters. The van der Waals surface area contributed by atoms with E-state index >= 15 is 0 Å². The lowest BCUT2D eigenvalue weighted by atomic mass is 10.1. The standard InChI is InChI=1S/C14H19F2NO3S/c1-20-7-6-17(12-5-8-21(18,19)10-12)9-11-3-2-4-13(15)14(11)16/h2-4,12H,5-10H2,1H3. The molecule has 1 aliphatic rings. The Balaban J connectivity index is 2.15. The zero-order valence-corrected chi connectivity index (χ0v) is 12.7. The molecule has 4 nitrogen and oxygen atoms in total. The van der Waals surface area contributed by atoms with Crippen molar-refractivity contribution >= 4 is 9.84 Å². The molecule has 2 rings (SSSR count). The molecule has 0 N–H and O–H groups in total. The summed E-state index contributed by atoms with van der Waals surface area (Å²) in [5.41, 5.74) is 0.232. The van der Waals surface area contributed by atoms with Crippen molar-refractivity contribution in [2.75, 3.05) is 31.8 Å². The first kappa shape index (κ1) is 16.3. The second kappa shape index (κ2) is 6.81. The molecule has 7 heteroatoms. The molecule has 1 atom stereocenters. The highest BCUT2D eigenvalue weighted by atomic mass is 32.2. The van der Waals surface area contributed by atoms with Gasteiger partial charge in [0, 0.05) is 31.8 Å². The fraction of sp³-hybridized carbons (Fsp3) is 0.571. The quantitative estimate of drug-likeness (QED) is 0.799. The first-order chi connectivity index (χ1) is 9.93. The van der Waals surface area contributed by atoms with Crippen molar-refractivity contribution in [1.29, 1.82) is 0 Å². The van der Waals surface area contributed by atoms with Crippen LogP contribution in [0.5, 0.6) is 0 Å². The van der Waals surface area contributed by atoms with E-state index in [2.05, 4.69) is 0 Å². The van der Waals surface area contributed by atoms with Crippen molar-refractivity contribution in [3.8, 4) is 0 Å². The number of hydrogen-bond donors (Lipinski definition) is 0. The lowest BCUT2D eigenvalue weighted by Gasteiger charge is -2.28. The van der Waals surface area contributed by atoms with Crippen LogP contribution >= 0.6 is 0 Å². The van der Waals surface area contributed by atoms with Crippen molar-refractivity contribution in [3.63, 3.8) is 0 Å². The largest absolute Gasteiger partial charge is 0.383 e. The van der Waals surface area contributed by atoms with Gasteiger partial charge in [-0.3, -0.25) is 4.90 Å². The molecule has 0 aromatic heterocycles. The Hall–Kier alpha value is -1.05. The molecule has 1 aromatic carbocycles. The summed E-state index contributed by atoms with van der Waals surface area (Å²) in [6.45, 7) is 1.06. The molecule has 0 saturated carbocycles. The summed E-state index contributed by atoms with van der Waals surface area (Å²) in [5.74, 6) is -1.56. The van der Waals surface area contributed by atoms with Gasteiger partial charge in [-0.05, 0) is 12.5 Å². The van der Waals surface area contributed by atoms with E-state index in [-0.39, 0.29) is 29.7 Å². The Bertz CT molecular complexity index is 592. The van der Waals surface area contributed by atoms with Crippen LogP contribution in [0, 0.1) is 11.6 Å². The van der Waals surface area contributed by atoms with Crippen molar-refractivity contribution in [3.05, 3.63) is 35.4 Å². The lowest BCUT2D eigenvalue weighted by Crippen LogP contribution is -2.38. The van der Waals surface area contributed by atoms with Gasteiger partial charge in [0.25, 0.3) is 0 Å². The summed E-state index contributed by atoms with van der Waals surface area (Å²) >= 11 is 0. The predicted molar refractivity (Wildman–Crippen MR) is 75.7 cm³/mol. The molecule has 0 radical (unpaired) electrons. The minimum Gasteiger partial charge on any atom is -0.383 e. The lowest BCUT2D eigenvalue weighted by molar-refractivity contribution is 0.120. The van der Waals surface area contributed by atoms with Gasteiger partial charge in [-0.15, -0.1) is 0 Å². The molecule has 1 heterocycles. The number of sulfone groups is 1. The number of hydrogen-bond acceptors (Lipinski definition) is 4. The monoisotopic (exact) mass is 319 g/mol. The smallest absolute Gasteiger partial charge is 0.163 e. The van der Waals surface area contributed by atoms with E-state index in [9.17, 15) is 17.2 Å². The minimum absolute atomic E-state index is 0.0631. The summed E-state index contributed by atoms with van der Waals surface area (Å²) < 4.78 is 55.3. The molecule has 1 fully saturated rings. The summed E-state index contributed by atoms with van der Waals surface area (Å²) in [5, 5.41) is 0. The van der Waals surface area contributed by atoms with Crippen LogP contribution in [-0.4, -0.2) is 51.1 Å². The SMILES string of the molecule is COCCN(Cc1cccc(F)c1F)C1CCS(=O)(=O)C1. The van der Waals surface area contributed by atoms with Crippen molar-refractivity contribution in [2.24, 2.45) is 0 Å². The first-order valence-electron chi connectivity index (χ1n) is 6.79.